The van der Waals surface area contributed by atoms with Crippen molar-refractivity contribution in [2.45, 2.75) is 45.4 Å². The van der Waals surface area contributed by atoms with E-state index < -0.39 is 0 Å². The largest absolute Gasteiger partial charge is 0.0802 e. The van der Waals surface area contributed by atoms with Crippen LogP contribution < -0.4 is 0 Å². The molecule has 0 heteroatoms. The Balaban J connectivity index is 2.13. The van der Waals surface area contributed by atoms with Gasteiger partial charge in [-0.05, 0) is 43.6 Å². The van der Waals surface area contributed by atoms with Crippen molar-refractivity contribution in [1.29, 1.82) is 0 Å². The molecule has 66 valence electrons. The summed E-state index contributed by atoms with van der Waals surface area (Å²) < 4.78 is 0. The molecule has 0 saturated heterocycles. The van der Waals surface area contributed by atoms with Gasteiger partial charge in [0.1, 0.15) is 0 Å². The van der Waals surface area contributed by atoms with Crippen LogP contribution in [0.2, 0.25) is 0 Å². The van der Waals surface area contributed by atoms with E-state index in [-0.39, 0.29) is 0 Å². The molecule has 0 saturated carbocycles. The molecule has 12 heavy (non-hydrogen) atoms. The molecule has 0 N–H and O–H groups in total. The molecule has 0 bridgehead atoms. The van der Waals surface area contributed by atoms with Crippen molar-refractivity contribution in [2.24, 2.45) is 5.92 Å². The van der Waals surface area contributed by atoms with Crippen molar-refractivity contribution >= 4 is 0 Å². The Bertz CT molecular complexity index is 220. The van der Waals surface area contributed by atoms with Gasteiger partial charge in [-0.1, -0.05) is 31.1 Å². The van der Waals surface area contributed by atoms with Gasteiger partial charge in [-0.25, -0.2) is 0 Å². The van der Waals surface area contributed by atoms with E-state index >= 15 is 0 Å². The Morgan fingerprint density at radius 1 is 1.50 bits per heavy atom. The summed E-state index contributed by atoms with van der Waals surface area (Å²) in [5.41, 5.74) is 3.46. The fourth-order valence-corrected chi connectivity index (χ4v) is 2.60. The van der Waals surface area contributed by atoms with Crippen molar-refractivity contribution in [1.82, 2.24) is 0 Å². The average molecular weight is 162 g/mol. The maximum Gasteiger partial charge on any atom is -0.0130 e. The first kappa shape index (κ1) is 8.10. The van der Waals surface area contributed by atoms with Gasteiger partial charge < -0.3 is 0 Å². The Morgan fingerprint density at radius 2 is 2.42 bits per heavy atom. The number of hydrogen-bond acceptors (Lipinski definition) is 0. The van der Waals surface area contributed by atoms with Crippen LogP contribution in [0, 0.1) is 5.92 Å². The molecule has 1 atom stereocenters. The van der Waals surface area contributed by atoms with Gasteiger partial charge in [-0.3, -0.25) is 0 Å². The minimum absolute atomic E-state index is 0.914. The molecular weight excluding hydrogens is 144 g/mol. The van der Waals surface area contributed by atoms with Gasteiger partial charge in [-0.2, -0.15) is 0 Å². The average Bonchev–Trinajstić information content (AvgIpc) is 2.53. The van der Waals surface area contributed by atoms with E-state index in [1.807, 2.05) is 0 Å². The van der Waals surface area contributed by atoms with Crippen molar-refractivity contribution < 1.29 is 0 Å². The lowest BCUT2D eigenvalue weighted by Gasteiger charge is -2.23. The number of rotatable bonds is 2. The highest BCUT2D eigenvalue weighted by Gasteiger charge is 2.22. The standard InChI is InChI=1S/C12H18/c1-2-5-10-6-3-7-11-8-4-9-12(10)11/h4,9-10H,2-3,5-8H2,1H3. The topological polar surface area (TPSA) is 0 Å². The number of hydrogen-bond donors (Lipinski definition) is 0. The first-order valence-corrected chi connectivity index (χ1v) is 5.30. The van der Waals surface area contributed by atoms with E-state index in [1.54, 1.807) is 11.1 Å². The third-order valence-corrected chi connectivity index (χ3v) is 3.18. The summed E-state index contributed by atoms with van der Waals surface area (Å²) in [6.45, 7) is 2.30. The summed E-state index contributed by atoms with van der Waals surface area (Å²) in [5.74, 6) is 0.914. The van der Waals surface area contributed by atoms with Crippen LogP contribution in [0.3, 0.4) is 0 Å². The molecule has 2 rings (SSSR count). The van der Waals surface area contributed by atoms with Crippen molar-refractivity contribution in [3.63, 3.8) is 0 Å². The third-order valence-electron chi connectivity index (χ3n) is 3.18. The van der Waals surface area contributed by atoms with Crippen molar-refractivity contribution in [2.75, 3.05) is 0 Å². The summed E-state index contributed by atoms with van der Waals surface area (Å²) in [4.78, 5) is 0. The highest BCUT2D eigenvalue weighted by atomic mass is 14.3. The molecule has 0 aromatic rings. The lowest BCUT2D eigenvalue weighted by Crippen LogP contribution is -2.08. The van der Waals surface area contributed by atoms with Crippen LogP contribution in [0.25, 0.3) is 0 Å². The van der Waals surface area contributed by atoms with Crippen molar-refractivity contribution in [3.05, 3.63) is 23.3 Å². The van der Waals surface area contributed by atoms with E-state index in [4.69, 9.17) is 0 Å². The molecule has 0 aliphatic heterocycles. The minimum Gasteiger partial charge on any atom is -0.0802 e. The van der Waals surface area contributed by atoms with E-state index in [0.29, 0.717) is 0 Å². The van der Waals surface area contributed by atoms with E-state index in [1.165, 1.54) is 38.5 Å². The quantitative estimate of drug-likeness (QED) is 0.578. The molecule has 0 heterocycles. The molecule has 2 aliphatic carbocycles. The van der Waals surface area contributed by atoms with E-state index in [2.05, 4.69) is 19.1 Å². The fourth-order valence-electron chi connectivity index (χ4n) is 2.60. The molecule has 0 amide bonds. The molecule has 1 unspecified atom stereocenters. The van der Waals surface area contributed by atoms with Crippen LogP contribution in [0.1, 0.15) is 45.4 Å². The van der Waals surface area contributed by atoms with Gasteiger partial charge in [0, 0.05) is 0 Å². The predicted molar refractivity (Wildman–Crippen MR) is 53.0 cm³/mol. The number of allylic oxidation sites excluding steroid dienone is 4. The Labute approximate surface area is 75.4 Å². The Hall–Kier alpha value is -0.520. The second-order valence-corrected chi connectivity index (χ2v) is 4.04. The first-order chi connectivity index (χ1) is 5.92. The Kier molecular flexibility index (Phi) is 2.34. The zero-order chi connectivity index (χ0) is 8.39. The molecule has 0 radical (unpaired) electrons. The first-order valence-electron chi connectivity index (χ1n) is 5.30. The second-order valence-electron chi connectivity index (χ2n) is 4.04. The molecule has 0 spiro atoms. The smallest absolute Gasteiger partial charge is 0.0130 e. The minimum atomic E-state index is 0.914. The van der Waals surface area contributed by atoms with E-state index in [0.717, 1.165) is 5.92 Å². The lowest BCUT2D eigenvalue weighted by molar-refractivity contribution is 0.472. The zero-order valence-electron chi connectivity index (χ0n) is 7.97. The molecule has 0 aromatic carbocycles. The van der Waals surface area contributed by atoms with Crippen LogP contribution >= 0.6 is 0 Å². The highest BCUT2D eigenvalue weighted by molar-refractivity contribution is 5.37. The van der Waals surface area contributed by atoms with Gasteiger partial charge in [0.25, 0.3) is 0 Å². The van der Waals surface area contributed by atoms with Crippen LogP contribution in [-0.4, -0.2) is 0 Å². The lowest BCUT2D eigenvalue weighted by atomic mass is 9.82. The molecule has 2 aliphatic rings. The summed E-state index contributed by atoms with van der Waals surface area (Å²) >= 11 is 0. The van der Waals surface area contributed by atoms with Crippen LogP contribution in [0.4, 0.5) is 0 Å². The molecule has 0 fully saturated rings. The summed E-state index contributed by atoms with van der Waals surface area (Å²) in [7, 11) is 0. The van der Waals surface area contributed by atoms with Gasteiger partial charge >= 0.3 is 0 Å². The molecule has 0 nitrogen and oxygen atoms in total. The van der Waals surface area contributed by atoms with Gasteiger partial charge in [0.2, 0.25) is 0 Å². The zero-order valence-corrected chi connectivity index (χ0v) is 7.97. The molecular formula is C12H18. The monoisotopic (exact) mass is 162 g/mol. The van der Waals surface area contributed by atoms with E-state index in [9.17, 15) is 0 Å². The van der Waals surface area contributed by atoms with Gasteiger partial charge in [0.05, 0.1) is 0 Å². The van der Waals surface area contributed by atoms with Gasteiger partial charge in [-0.15, -0.1) is 0 Å². The van der Waals surface area contributed by atoms with Crippen LogP contribution in [0.5, 0.6) is 0 Å². The Morgan fingerprint density at radius 3 is 3.25 bits per heavy atom. The SMILES string of the molecule is CCCC1CCCC2=C1C=CC2. The summed E-state index contributed by atoms with van der Waals surface area (Å²) in [5, 5.41) is 0. The van der Waals surface area contributed by atoms with Gasteiger partial charge in [0.15, 0.2) is 0 Å². The molecule has 0 aromatic heterocycles. The summed E-state index contributed by atoms with van der Waals surface area (Å²) in [6, 6.07) is 0. The van der Waals surface area contributed by atoms with Crippen LogP contribution in [0.15, 0.2) is 23.3 Å². The third kappa shape index (κ3) is 1.35. The van der Waals surface area contributed by atoms with Crippen molar-refractivity contribution in [3.8, 4) is 0 Å². The second kappa shape index (κ2) is 3.47. The predicted octanol–water partition coefficient (Wildman–Crippen LogP) is 3.84. The highest BCUT2D eigenvalue weighted by Crippen LogP contribution is 2.38. The normalized spacial score (nSPS) is 27.9. The maximum absolute atomic E-state index is 2.38. The maximum atomic E-state index is 2.38. The van der Waals surface area contributed by atoms with Crippen LogP contribution in [-0.2, 0) is 0 Å². The fraction of sp³-hybridized carbons (Fsp3) is 0.667. The summed E-state index contributed by atoms with van der Waals surface area (Å²) in [6.07, 6.45) is 13.0.